The fraction of sp³-hybridized carbons (Fsp3) is 0.176. The molecule has 120 valence electrons. The number of hydrogen-bond donors (Lipinski definition) is 0. The van der Waals surface area contributed by atoms with Gasteiger partial charge in [-0.25, -0.2) is 0 Å². The number of nitrogens with zero attached hydrogens (tertiary/aromatic N) is 2. The molecule has 0 aliphatic rings. The first-order valence-corrected chi connectivity index (χ1v) is 7.49. The topological polar surface area (TPSA) is 78.7 Å². The zero-order valence-electron chi connectivity index (χ0n) is 12.2. The fourth-order valence-corrected chi connectivity index (χ4v) is 2.93. The van der Waals surface area contributed by atoms with E-state index in [1.807, 2.05) is 36.4 Å². The van der Waals surface area contributed by atoms with Crippen LogP contribution in [0.4, 0.5) is 0 Å². The Balaban J connectivity index is 0.000000704. The molecule has 23 heavy (non-hydrogen) atoms. The first-order chi connectivity index (χ1) is 11.2. The van der Waals surface area contributed by atoms with Crippen molar-refractivity contribution >= 4 is 35.4 Å². The minimum Gasteiger partial charge on any atom is -0.724 e. The first kappa shape index (κ1) is 20.8. The highest BCUT2D eigenvalue weighted by molar-refractivity contribution is 6.22. The van der Waals surface area contributed by atoms with Gasteiger partial charge in [-0.3, -0.25) is 9.59 Å². The SMILES string of the molecule is ClCC(CCl)(c1ccccc1)c1ccccc1.[N-]=C=O.[N-]=C=O. The quantitative estimate of drug-likeness (QED) is 0.470. The highest BCUT2D eigenvalue weighted by Crippen LogP contribution is 2.34. The van der Waals surface area contributed by atoms with Crippen LogP contribution in [0.3, 0.4) is 0 Å². The lowest BCUT2D eigenvalue weighted by Gasteiger charge is -2.30. The van der Waals surface area contributed by atoms with Crippen molar-refractivity contribution in [3.05, 3.63) is 82.6 Å². The van der Waals surface area contributed by atoms with Gasteiger partial charge in [0.15, 0.2) is 0 Å². The van der Waals surface area contributed by atoms with Gasteiger partial charge in [0.2, 0.25) is 0 Å². The number of isocyanates is 2. The Morgan fingerprint density at radius 3 is 1.22 bits per heavy atom. The van der Waals surface area contributed by atoms with Crippen molar-refractivity contribution in [1.82, 2.24) is 0 Å². The Morgan fingerprint density at radius 1 is 0.739 bits per heavy atom. The van der Waals surface area contributed by atoms with Crippen LogP contribution in [-0.4, -0.2) is 23.9 Å². The summed E-state index contributed by atoms with van der Waals surface area (Å²) in [6.07, 6.45) is 1.00. The maximum absolute atomic E-state index is 8.24. The lowest BCUT2D eigenvalue weighted by atomic mass is 9.78. The number of benzene rings is 2. The summed E-state index contributed by atoms with van der Waals surface area (Å²) < 4.78 is 0. The molecule has 2 aromatic carbocycles. The molecule has 0 saturated heterocycles. The van der Waals surface area contributed by atoms with Crippen LogP contribution in [0.5, 0.6) is 0 Å². The van der Waals surface area contributed by atoms with E-state index >= 15 is 0 Å². The molecule has 2 aromatic rings. The Bertz CT molecular complexity index is 564. The third-order valence-corrected chi connectivity index (χ3v) is 4.02. The van der Waals surface area contributed by atoms with Gasteiger partial charge in [-0.2, -0.15) is 0 Å². The van der Waals surface area contributed by atoms with Crippen molar-refractivity contribution < 1.29 is 9.59 Å². The van der Waals surface area contributed by atoms with Crippen LogP contribution >= 0.6 is 23.2 Å². The molecule has 0 N–H and O–H groups in total. The molecule has 0 heterocycles. The summed E-state index contributed by atoms with van der Waals surface area (Å²) in [7, 11) is 0. The third kappa shape index (κ3) is 6.19. The maximum Gasteiger partial charge on any atom is 0.0473 e. The van der Waals surface area contributed by atoms with Crippen molar-refractivity contribution in [3.63, 3.8) is 0 Å². The van der Waals surface area contributed by atoms with E-state index in [2.05, 4.69) is 24.3 Å². The number of hydrogen-bond acceptors (Lipinski definition) is 2. The molecule has 0 saturated carbocycles. The van der Waals surface area contributed by atoms with Crippen LogP contribution in [0.1, 0.15) is 11.1 Å². The summed E-state index contributed by atoms with van der Waals surface area (Å²) >= 11 is 12.4. The van der Waals surface area contributed by atoms with Gasteiger partial charge in [-0.1, -0.05) is 60.7 Å². The molecule has 0 unspecified atom stereocenters. The van der Waals surface area contributed by atoms with E-state index in [4.69, 9.17) is 43.6 Å². The average molecular weight is 349 g/mol. The molecule has 6 heteroatoms. The molecule has 0 bridgehead atoms. The molecule has 0 atom stereocenters. The number of rotatable bonds is 4. The monoisotopic (exact) mass is 348 g/mol. The normalized spacial score (nSPS) is 9.13. The second-order valence-corrected chi connectivity index (χ2v) is 4.80. The molecule has 0 spiro atoms. The summed E-state index contributed by atoms with van der Waals surface area (Å²) in [6, 6.07) is 20.4. The van der Waals surface area contributed by atoms with Crippen molar-refractivity contribution in [2.45, 2.75) is 5.41 Å². The van der Waals surface area contributed by atoms with Gasteiger partial charge >= 0.3 is 0 Å². The molecule has 0 amide bonds. The Labute approximate surface area is 145 Å². The first-order valence-electron chi connectivity index (χ1n) is 6.42. The van der Waals surface area contributed by atoms with Gasteiger partial charge < -0.3 is 10.8 Å². The summed E-state index contributed by atoms with van der Waals surface area (Å²) in [6.45, 7) is 0. The molecular formula is C17H14Cl2N2O2-2. The van der Waals surface area contributed by atoms with Gasteiger partial charge in [0, 0.05) is 17.2 Å². The van der Waals surface area contributed by atoms with E-state index in [0.29, 0.717) is 23.9 Å². The van der Waals surface area contributed by atoms with Gasteiger partial charge in [-0.05, 0) is 23.3 Å². The third-order valence-electron chi connectivity index (χ3n) is 3.11. The van der Waals surface area contributed by atoms with Crippen molar-refractivity contribution in [2.75, 3.05) is 11.8 Å². The smallest absolute Gasteiger partial charge is 0.0473 e. The maximum atomic E-state index is 8.24. The Morgan fingerprint density at radius 2 is 1.00 bits per heavy atom. The molecule has 0 aromatic heterocycles. The second-order valence-electron chi connectivity index (χ2n) is 4.26. The zero-order valence-corrected chi connectivity index (χ0v) is 13.7. The molecule has 0 fully saturated rings. The lowest BCUT2D eigenvalue weighted by Crippen LogP contribution is -2.31. The molecule has 2 rings (SSSR count). The van der Waals surface area contributed by atoms with E-state index in [0.717, 1.165) is 11.1 Å². The van der Waals surface area contributed by atoms with Gasteiger partial charge in [0.1, 0.15) is 0 Å². The number of carbonyl (C=O) groups excluding carboxylic acids is 2. The van der Waals surface area contributed by atoms with Crippen molar-refractivity contribution in [3.8, 4) is 0 Å². The molecule has 0 aliphatic heterocycles. The van der Waals surface area contributed by atoms with E-state index in [1.165, 1.54) is 0 Å². The highest BCUT2D eigenvalue weighted by atomic mass is 35.5. The average Bonchev–Trinajstić information content (AvgIpc) is 2.60. The fourth-order valence-electron chi connectivity index (χ4n) is 2.03. The van der Waals surface area contributed by atoms with Crippen LogP contribution < -0.4 is 0 Å². The highest BCUT2D eigenvalue weighted by Gasteiger charge is 2.32. The number of alkyl halides is 2. The van der Waals surface area contributed by atoms with Gasteiger partial charge in [0.25, 0.3) is 0 Å². The van der Waals surface area contributed by atoms with Crippen LogP contribution in [0, 0.1) is 0 Å². The molecule has 0 radical (unpaired) electrons. The van der Waals surface area contributed by atoms with Crippen LogP contribution in [0.25, 0.3) is 10.8 Å². The van der Waals surface area contributed by atoms with E-state index in [1.54, 1.807) is 0 Å². The standard InChI is InChI=1S/C15H14Cl2.2CNO/c16-11-15(12-17,13-7-3-1-4-8-13)14-9-5-2-6-10-14;2*2-1-3/h1-10H,11-12H2;;/q;2*-1. The molecular weight excluding hydrogens is 335 g/mol. The summed E-state index contributed by atoms with van der Waals surface area (Å²) in [5.41, 5.74) is 2.03. The van der Waals surface area contributed by atoms with E-state index in [-0.39, 0.29) is 5.41 Å². The summed E-state index contributed by atoms with van der Waals surface area (Å²) in [5.74, 6) is 0.953. The van der Waals surface area contributed by atoms with E-state index in [9.17, 15) is 0 Å². The largest absolute Gasteiger partial charge is 0.724 e. The van der Waals surface area contributed by atoms with Crippen molar-refractivity contribution in [2.24, 2.45) is 0 Å². The minimum atomic E-state index is -0.300. The summed E-state index contributed by atoms with van der Waals surface area (Å²) in [5, 5.41) is 13.5. The number of halogens is 2. The molecule has 4 nitrogen and oxygen atoms in total. The zero-order chi connectivity index (χ0) is 17.6. The second kappa shape index (κ2) is 12.3. The Kier molecular flexibility index (Phi) is 11.1. The van der Waals surface area contributed by atoms with Crippen LogP contribution in [0.15, 0.2) is 60.7 Å². The summed E-state index contributed by atoms with van der Waals surface area (Å²) in [4.78, 5) is 16.5. The lowest BCUT2D eigenvalue weighted by molar-refractivity contribution is 0.568. The van der Waals surface area contributed by atoms with Crippen LogP contribution in [-0.2, 0) is 15.0 Å². The van der Waals surface area contributed by atoms with E-state index < -0.39 is 0 Å². The Hall–Kier alpha value is -2.22. The predicted octanol–water partition coefficient (Wildman–Crippen LogP) is 4.23. The van der Waals surface area contributed by atoms with Gasteiger partial charge in [0.05, 0.1) is 0 Å². The minimum absolute atomic E-state index is 0.300. The molecule has 0 aliphatic carbocycles. The van der Waals surface area contributed by atoms with Crippen LogP contribution in [0.2, 0.25) is 0 Å². The van der Waals surface area contributed by atoms with Crippen molar-refractivity contribution in [1.29, 1.82) is 0 Å². The predicted molar refractivity (Wildman–Crippen MR) is 93.2 cm³/mol. The van der Waals surface area contributed by atoms with Gasteiger partial charge in [-0.15, -0.1) is 23.2 Å².